The van der Waals surface area contributed by atoms with E-state index < -0.39 is 9.05 Å². The summed E-state index contributed by atoms with van der Waals surface area (Å²) >= 11 is 17.7. The Morgan fingerprint density at radius 1 is 1.16 bits per heavy atom. The molecule has 0 spiro atoms. The summed E-state index contributed by atoms with van der Waals surface area (Å²) in [6.45, 7) is 1.50. The Bertz CT molecular complexity index is 755. The van der Waals surface area contributed by atoms with Crippen molar-refractivity contribution in [3.05, 3.63) is 39.1 Å². The van der Waals surface area contributed by atoms with Gasteiger partial charge in [0.05, 0.1) is 21.4 Å². The fourth-order valence-electron chi connectivity index (χ4n) is 1.55. The van der Waals surface area contributed by atoms with Gasteiger partial charge in [0, 0.05) is 10.7 Å². The Balaban J connectivity index is 2.68. The molecule has 0 aliphatic heterocycles. The van der Waals surface area contributed by atoms with Gasteiger partial charge in [-0.15, -0.1) is 0 Å². The van der Waals surface area contributed by atoms with Crippen molar-refractivity contribution >= 4 is 54.5 Å². The summed E-state index contributed by atoms with van der Waals surface area (Å²) in [5.74, 6) is 0. The zero-order valence-corrected chi connectivity index (χ0v) is 13.2. The van der Waals surface area contributed by atoms with E-state index >= 15 is 0 Å². The van der Waals surface area contributed by atoms with Crippen LogP contribution in [-0.2, 0) is 9.05 Å². The number of nitrogens with zero attached hydrogens (tertiary/aromatic N) is 2. The molecule has 2 aromatic rings. The predicted molar refractivity (Wildman–Crippen MR) is 76.4 cm³/mol. The number of aromatic nitrogens is 2. The van der Waals surface area contributed by atoms with Crippen LogP contribution in [0.5, 0.6) is 0 Å². The second-order valence-electron chi connectivity index (χ2n) is 3.65. The highest BCUT2D eigenvalue weighted by Crippen LogP contribution is 2.32. The molecule has 1 aromatic heterocycles. The largest absolute Gasteiger partial charge is 0.266 e. The Kier molecular flexibility index (Phi) is 4.05. The molecule has 102 valence electrons. The normalized spacial score (nSPS) is 11.8. The van der Waals surface area contributed by atoms with Gasteiger partial charge in [0.1, 0.15) is 4.90 Å². The van der Waals surface area contributed by atoms with Gasteiger partial charge in [-0.25, -0.2) is 13.1 Å². The number of hydrogen-bond donors (Lipinski definition) is 0. The molecule has 0 aliphatic rings. The second kappa shape index (κ2) is 5.14. The van der Waals surface area contributed by atoms with Crippen LogP contribution in [-0.4, -0.2) is 18.2 Å². The Morgan fingerprint density at radius 2 is 1.79 bits per heavy atom. The van der Waals surface area contributed by atoms with Crippen molar-refractivity contribution in [2.24, 2.45) is 0 Å². The number of aryl methyl sites for hydroxylation is 1. The standard InChI is InChI=1S/C10H6Cl4N2O2S/c1-5-9(19(14,17)18)10(13)16(15-5)6-2-3-7(11)8(12)4-6/h2-4H,1H3. The van der Waals surface area contributed by atoms with Gasteiger partial charge in [-0.1, -0.05) is 34.8 Å². The molecule has 0 saturated carbocycles. The molecule has 0 aliphatic carbocycles. The average molecular weight is 360 g/mol. The third-order valence-electron chi connectivity index (χ3n) is 2.34. The Morgan fingerprint density at radius 3 is 2.26 bits per heavy atom. The van der Waals surface area contributed by atoms with E-state index in [0.717, 1.165) is 0 Å². The number of halogens is 4. The minimum Gasteiger partial charge on any atom is -0.220 e. The highest BCUT2D eigenvalue weighted by molar-refractivity contribution is 8.13. The zero-order valence-electron chi connectivity index (χ0n) is 9.36. The van der Waals surface area contributed by atoms with E-state index in [9.17, 15) is 8.42 Å². The van der Waals surface area contributed by atoms with Crippen LogP contribution in [0, 0.1) is 6.92 Å². The molecule has 0 radical (unpaired) electrons. The molecule has 0 amide bonds. The topological polar surface area (TPSA) is 52.0 Å². The molecule has 9 heteroatoms. The van der Waals surface area contributed by atoms with Gasteiger partial charge in [0.15, 0.2) is 5.15 Å². The third kappa shape index (κ3) is 2.85. The highest BCUT2D eigenvalue weighted by atomic mass is 35.7. The van der Waals surface area contributed by atoms with E-state index in [2.05, 4.69) is 5.10 Å². The van der Waals surface area contributed by atoms with Gasteiger partial charge >= 0.3 is 0 Å². The molecule has 19 heavy (non-hydrogen) atoms. The molecule has 0 atom stereocenters. The summed E-state index contributed by atoms with van der Waals surface area (Å²) in [5, 5.41) is 4.61. The Hall–Kier alpha value is -0.460. The highest BCUT2D eigenvalue weighted by Gasteiger charge is 2.24. The monoisotopic (exact) mass is 358 g/mol. The lowest BCUT2D eigenvalue weighted by atomic mass is 10.3. The van der Waals surface area contributed by atoms with E-state index in [0.29, 0.717) is 15.7 Å². The first-order valence-electron chi connectivity index (χ1n) is 4.87. The molecule has 0 saturated heterocycles. The first-order valence-corrected chi connectivity index (χ1v) is 8.31. The summed E-state index contributed by atoms with van der Waals surface area (Å²) in [6.07, 6.45) is 0. The van der Waals surface area contributed by atoms with E-state index in [1.165, 1.54) is 17.7 Å². The first-order chi connectivity index (χ1) is 8.71. The van der Waals surface area contributed by atoms with Crippen LogP contribution in [0.25, 0.3) is 5.69 Å². The fourth-order valence-corrected chi connectivity index (χ4v) is 3.77. The van der Waals surface area contributed by atoms with Crippen molar-refractivity contribution in [1.29, 1.82) is 0 Å². The van der Waals surface area contributed by atoms with Crippen LogP contribution in [0.1, 0.15) is 5.69 Å². The van der Waals surface area contributed by atoms with Gasteiger partial charge in [-0.3, -0.25) is 0 Å². The quantitative estimate of drug-likeness (QED) is 0.759. The number of benzene rings is 1. The fraction of sp³-hybridized carbons (Fsp3) is 0.100. The first kappa shape index (κ1) is 14.9. The number of hydrogen-bond acceptors (Lipinski definition) is 3. The summed E-state index contributed by atoms with van der Waals surface area (Å²) in [6, 6.07) is 4.69. The summed E-state index contributed by atoms with van der Waals surface area (Å²) in [5.41, 5.74) is 0.681. The maximum absolute atomic E-state index is 11.4. The molecule has 4 nitrogen and oxygen atoms in total. The smallest absolute Gasteiger partial charge is 0.220 e. The molecule has 0 bridgehead atoms. The molecule has 0 fully saturated rings. The van der Waals surface area contributed by atoms with E-state index in [1.807, 2.05) is 0 Å². The lowest BCUT2D eigenvalue weighted by Gasteiger charge is -2.04. The van der Waals surface area contributed by atoms with Crippen LogP contribution in [0.2, 0.25) is 15.2 Å². The van der Waals surface area contributed by atoms with Gasteiger partial charge in [0.2, 0.25) is 0 Å². The average Bonchev–Trinajstić information content (AvgIpc) is 2.57. The van der Waals surface area contributed by atoms with Crippen LogP contribution in [0.4, 0.5) is 0 Å². The van der Waals surface area contributed by atoms with Gasteiger partial charge < -0.3 is 0 Å². The van der Waals surface area contributed by atoms with Crippen molar-refractivity contribution < 1.29 is 8.42 Å². The van der Waals surface area contributed by atoms with Crippen LogP contribution in [0.15, 0.2) is 23.1 Å². The molecule has 2 rings (SSSR count). The van der Waals surface area contributed by atoms with Crippen molar-refractivity contribution in [2.45, 2.75) is 11.8 Å². The SMILES string of the molecule is Cc1nn(-c2ccc(Cl)c(Cl)c2)c(Cl)c1S(=O)(=O)Cl. The minimum absolute atomic E-state index is 0.106. The van der Waals surface area contributed by atoms with E-state index in [1.54, 1.807) is 12.1 Å². The zero-order chi connectivity index (χ0) is 14.4. The van der Waals surface area contributed by atoms with E-state index in [-0.39, 0.29) is 15.7 Å². The maximum Gasteiger partial charge on any atom is 0.266 e. The van der Waals surface area contributed by atoms with Gasteiger partial charge in [-0.05, 0) is 25.1 Å². The molecule has 1 heterocycles. The summed E-state index contributed by atoms with van der Waals surface area (Å²) in [7, 11) is 1.34. The van der Waals surface area contributed by atoms with Crippen LogP contribution < -0.4 is 0 Å². The molecular weight excluding hydrogens is 354 g/mol. The lowest BCUT2D eigenvalue weighted by molar-refractivity contribution is 0.609. The number of rotatable bonds is 2. The van der Waals surface area contributed by atoms with E-state index in [4.69, 9.17) is 45.5 Å². The molecule has 0 unspecified atom stereocenters. The Labute approximate surface area is 129 Å². The van der Waals surface area contributed by atoms with Crippen molar-refractivity contribution in [3.63, 3.8) is 0 Å². The predicted octanol–water partition coefficient (Wildman–Crippen LogP) is 4.07. The molecule has 0 N–H and O–H groups in total. The van der Waals surface area contributed by atoms with Gasteiger partial charge in [-0.2, -0.15) is 5.10 Å². The van der Waals surface area contributed by atoms with Crippen LogP contribution in [0.3, 0.4) is 0 Å². The van der Waals surface area contributed by atoms with Crippen LogP contribution >= 0.6 is 45.5 Å². The molecule has 1 aromatic carbocycles. The second-order valence-corrected chi connectivity index (χ2v) is 7.33. The van der Waals surface area contributed by atoms with Gasteiger partial charge in [0.25, 0.3) is 9.05 Å². The van der Waals surface area contributed by atoms with Crippen molar-refractivity contribution in [3.8, 4) is 5.69 Å². The lowest BCUT2D eigenvalue weighted by Crippen LogP contribution is -1.97. The maximum atomic E-state index is 11.4. The molecular formula is C10H6Cl4N2O2S. The van der Waals surface area contributed by atoms with Crippen molar-refractivity contribution in [2.75, 3.05) is 0 Å². The van der Waals surface area contributed by atoms with Crippen molar-refractivity contribution in [1.82, 2.24) is 9.78 Å². The summed E-state index contributed by atoms with van der Waals surface area (Å²) < 4.78 is 24.1. The minimum atomic E-state index is -3.97. The summed E-state index contributed by atoms with van der Waals surface area (Å²) in [4.78, 5) is -0.220. The third-order valence-corrected chi connectivity index (χ3v) is 4.98.